The SMILES string of the molecule is COC(=O)c1cc(NS(=O)(=O)c2c[nH]c(=O)[nH]c2=O)cc(C(=O)OC)c1. The summed E-state index contributed by atoms with van der Waals surface area (Å²) < 4.78 is 35.8. The van der Waals surface area contributed by atoms with Crippen LogP contribution in [0, 0.1) is 0 Å². The molecular formula is C14H13N3O8S. The average molecular weight is 383 g/mol. The summed E-state index contributed by atoms with van der Waals surface area (Å²) in [6.45, 7) is 0. The topological polar surface area (TPSA) is 164 Å². The van der Waals surface area contributed by atoms with Gasteiger partial charge in [-0.3, -0.25) is 14.5 Å². The van der Waals surface area contributed by atoms with Crippen molar-refractivity contribution in [1.82, 2.24) is 9.97 Å². The third-order valence-corrected chi connectivity index (χ3v) is 4.49. The molecule has 0 saturated heterocycles. The van der Waals surface area contributed by atoms with E-state index in [-0.39, 0.29) is 16.8 Å². The van der Waals surface area contributed by atoms with Crippen LogP contribution >= 0.6 is 0 Å². The molecule has 3 N–H and O–H groups in total. The summed E-state index contributed by atoms with van der Waals surface area (Å²) in [7, 11) is -2.21. The number of aromatic nitrogens is 2. The van der Waals surface area contributed by atoms with Crippen molar-refractivity contribution in [2.24, 2.45) is 0 Å². The average Bonchev–Trinajstić information content (AvgIpc) is 2.59. The number of H-pyrrole nitrogens is 2. The Bertz CT molecular complexity index is 1050. The molecular weight excluding hydrogens is 370 g/mol. The number of ether oxygens (including phenoxy) is 2. The minimum Gasteiger partial charge on any atom is -0.465 e. The second-order valence-electron chi connectivity index (χ2n) is 4.82. The molecule has 0 radical (unpaired) electrons. The van der Waals surface area contributed by atoms with E-state index in [1.165, 1.54) is 0 Å². The predicted octanol–water partition coefficient (Wildman–Crippen LogP) is -0.563. The normalized spacial score (nSPS) is 10.8. The molecule has 0 bridgehead atoms. The number of hydrogen-bond acceptors (Lipinski definition) is 8. The Labute approximate surface area is 146 Å². The van der Waals surface area contributed by atoms with Gasteiger partial charge in [0.1, 0.15) is 0 Å². The standard InChI is InChI=1S/C14H13N3O8S/c1-24-12(19)7-3-8(13(20)25-2)5-9(4-7)17-26(22,23)10-6-15-14(21)16-11(10)18/h3-6,17H,1-2H3,(H2,15,16,18,21). The van der Waals surface area contributed by atoms with Crippen molar-refractivity contribution < 1.29 is 27.5 Å². The predicted molar refractivity (Wildman–Crippen MR) is 87.6 cm³/mol. The number of nitrogens with one attached hydrogen (secondary N) is 3. The lowest BCUT2D eigenvalue weighted by molar-refractivity contribution is 0.0599. The van der Waals surface area contributed by atoms with Gasteiger partial charge in [0.2, 0.25) is 0 Å². The van der Waals surface area contributed by atoms with Crippen LogP contribution < -0.4 is 16.0 Å². The lowest BCUT2D eigenvalue weighted by atomic mass is 10.1. The molecule has 2 aromatic rings. The fraction of sp³-hybridized carbons (Fsp3) is 0.143. The van der Waals surface area contributed by atoms with Crippen LogP contribution in [0.5, 0.6) is 0 Å². The van der Waals surface area contributed by atoms with Gasteiger partial charge in [0, 0.05) is 6.20 Å². The van der Waals surface area contributed by atoms with Gasteiger partial charge in [-0.25, -0.2) is 22.8 Å². The third-order valence-electron chi connectivity index (χ3n) is 3.10. The maximum Gasteiger partial charge on any atom is 0.337 e. The van der Waals surface area contributed by atoms with Crippen molar-refractivity contribution in [3.05, 3.63) is 56.4 Å². The molecule has 0 aliphatic carbocycles. The Morgan fingerprint density at radius 1 is 1.00 bits per heavy atom. The summed E-state index contributed by atoms with van der Waals surface area (Å²) in [4.78, 5) is 49.1. The zero-order valence-corrected chi connectivity index (χ0v) is 14.3. The fourth-order valence-corrected chi connectivity index (χ4v) is 3.01. The highest BCUT2D eigenvalue weighted by Gasteiger charge is 2.21. The Balaban J connectivity index is 2.53. The van der Waals surface area contributed by atoms with Crippen molar-refractivity contribution in [2.45, 2.75) is 4.90 Å². The second-order valence-corrected chi connectivity index (χ2v) is 6.47. The first-order valence-electron chi connectivity index (χ1n) is 6.84. The van der Waals surface area contributed by atoms with Crippen LogP contribution in [0.25, 0.3) is 0 Å². The lowest BCUT2D eigenvalue weighted by Gasteiger charge is -2.10. The van der Waals surface area contributed by atoms with Crippen LogP contribution in [0.1, 0.15) is 20.7 Å². The summed E-state index contributed by atoms with van der Waals surface area (Å²) in [5.74, 6) is -1.64. The number of carbonyl (C=O) groups is 2. The monoisotopic (exact) mass is 383 g/mol. The van der Waals surface area contributed by atoms with E-state index in [0.717, 1.165) is 38.6 Å². The second kappa shape index (κ2) is 7.23. The molecule has 0 unspecified atom stereocenters. The van der Waals surface area contributed by atoms with Gasteiger partial charge in [-0.05, 0) is 18.2 Å². The van der Waals surface area contributed by atoms with Crippen molar-refractivity contribution >= 4 is 27.6 Å². The number of rotatable bonds is 5. The van der Waals surface area contributed by atoms with Gasteiger partial charge in [0.15, 0.2) is 4.90 Å². The third kappa shape index (κ3) is 3.97. The van der Waals surface area contributed by atoms with E-state index in [1.54, 1.807) is 4.98 Å². The molecule has 1 aromatic carbocycles. The minimum absolute atomic E-state index is 0.122. The van der Waals surface area contributed by atoms with Crippen LogP contribution in [0.4, 0.5) is 5.69 Å². The Morgan fingerprint density at radius 3 is 2.00 bits per heavy atom. The van der Waals surface area contributed by atoms with Crippen molar-refractivity contribution in [3.63, 3.8) is 0 Å². The van der Waals surface area contributed by atoms with Gasteiger partial charge in [-0.2, -0.15) is 0 Å². The molecule has 0 aliphatic rings. The van der Waals surface area contributed by atoms with Crippen LogP contribution in [-0.2, 0) is 19.5 Å². The number of aromatic amines is 2. The molecule has 0 atom stereocenters. The molecule has 138 valence electrons. The van der Waals surface area contributed by atoms with Gasteiger partial charge in [-0.1, -0.05) is 0 Å². The highest BCUT2D eigenvalue weighted by molar-refractivity contribution is 7.92. The highest BCUT2D eigenvalue weighted by atomic mass is 32.2. The molecule has 1 aromatic heterocycles. The fourth-order valence-electron chi connectivity index (χ4n) is 1.97. The van der Waals surface area contributed by atoms with E-state index in [2.05, 4.69) is 9.47 Å². The van der Waals surface area contributed by atoms with E-state index >= 15 is 0 Å². The molecule has 12 heteroatoms. The summed E-state index contributed by atoms with van der Waals surface area (Å²) >= 11 is 0. The van der Waals surface area contributed by atoms with E-state index in [1.807, 2.05) is 9.71 Å². The largest absolute Gasteiger partial charge is 0.465 e. The van der Waals surface area contributed by atoms with Gasteiger partial charge in [-0.15, -0.1) is 0 Å². The van der Waals surface area contributed by atoms with E-state index in [4.69, 9.17) is 0 Å². The molecule has 0 spiro atoms. The summed E-state index contributed by atoms with van der Waals surface area (Å²) in [5.41, 5.74) is -2.46. The Morgan fingerprint density at radius 2 is 1.54 bits per heavy atom. The maximum absolute atomic E-state index is 12.3. The quantitative estimate of drug-likeness (QED) is 0.578. The number of benzene rings is 1. The zero-order chi connectivity index (χ0) is 19.5. The molecule has 26 heavy (non-hydrogen) atoms. The molecule has 0 saturated carbocycles. The number of sulfonamides is 1. The van der Waals surface area contributed by atoms with E-state index < -0.39 is 38.1 Å². The van der Waals surface area contributed by atoms with Crippen molar-refractivity contribution in [3.8, 4) is 0 Å². The zero-order valence-electron chi connectivity index (χ0n) is 13.5. The van der Waals surface area contributed by atoms with E-state index in [0.29, 0.717) is 0 Å². The summed E-state index contributed by atoms with van der Waals surface area (Å²) in [6.07, 6.45) is 0.717. The van der Waals surface area contributed by atoms with Gasteiger partial charge in [0.05, 0.1) is 31.0 Å². The number of hydrogen-bond donors (Lipinski definition) is 3. The minimum atomic E-state index is -4.43. The first-order chi connectivity index (χ1) is 12.2. The molecule has 0 aliphatic heterocycles. The van der Waals surface area contributed by atoms with Crippen molar-refractivity contribution in [1.29, 1.82) is 0 Å². The molecule has 2 rings (SSSR count). The number of carbonyl (C=O) groups excluding carboxylic acids is 2. The molecule has 0 amide bonds. The molecule has 1 heterocycles. The van der Waals surface area contributed by atoms with Crippen LogP contribution in [0.15, 0.2) is 38.9 Å². The number of anilines is 1. The Kier molecular flexibility index (Phi) is 5.26. The maximum atomic E-state index is 12.3. The van der Waals surface area contributed by atoms with Gasteiger partial charge >= 0.3 is 17.6 Å². The van der Waals surface area contributed by atoms with Crippen LogP contribution in [0.3, 0.4) is 0 Å². The number of methoxy groups -OCH3 is 2. The smallest absolute Gasteiger partial charge is 0.337 e. The van der Waals surface area contributed by atoms with Gasteiger partial charge < -0.3 is 14.5 Å². The van der Waals surface area contributed by atoms with Crippen molar-refractivity contribution in [2.75, 3.05) is 18.9 Å². The molecule has 11 nitrogen and oxygen atoms in total. The summed E-state index contributed by atoms with van der Waals surface area (Å²) in [5, 5.41) is 0. The first kappa shape index (κ1) is 18.9. The highest BCUT2D eigenvalue weighted by Crippen LogP contribution is 2.19. The van der Waals surface area contributed by atoms with Crippen LogP contribution in [0.2, 0.25) is 0 Å². The molecule has 0 fully saturated rings. The van der Waals surface area contributed by atoms with Gasteiger partial charge in [0.25, 0.3) is 15.6 Å². The van der Waals surface area contributed by atoms with E-state index in [9.17, 15) is 27.6 Å². The number of esters is 2. The first-order valence-corrected chi connectivity index (χ1v) is 8.33. The lowest BCUT2D eigenvalue weighted by Crippen LogP contribution is -2.29. The van der Waals surface area contributed by atoms with Crippen LogP contribution in [-0.4, -0.2) is 44.5 Å². The summed E-state index contributed by atoms with van der Waals surface area (Å²) in [6, 6.07) is 3.37. The Hall–Kier alpha value is -3.41.